The number of primary amides is 1. The molecule has 20 heavy (non-hydrogen) atoms. The highest BCUT2D eigenvalue weighted by Gasteiger charge is 2.29. The number of nitrogens with two attached hydrogens (primary N) is 1. The molecule has 2 saturated heterocycles. The first-order valence-corrected chi connectivity index (χ1v) is 7.17. The highest BCUT2D eigenvalue weighted by atomic mass is 16.2. The van der Waals surface area contributed by atoms with Gasteiger partial charge in [0.05, 0.1) is 6.54 Å². The monoisotopic (exact) mass is 282 g/mol. The lowest BCUT2D eigenvalue weighted by Gasteiger charge is -2.26. The molecule has 2 rings (SSSR count). The van der Waals surface area contributed by atoms with Crippen LogP contribution in [-0.2, 0) is 9.59 Å². The van der Waals surface area contributed by atoms with E-state index < -0.39 is 6.03 Å². The quantitative estimate of drug-likeness (QED) is 0.740. The number of likely N-dealkylation sites (tertiary alicyclic amines) is 2. The maximum atomic E-state index is 11.8. The molecule has 0 bridgehead atoms. The second-order valence-electron chi connectivity index (χ2n) is 5.46. The van der Waals surface area contributed by atoms with E-state index in [2.05, 4.69) is 5.32 Å². The summed E-state index contributed by atoms with van der Waals surface area (Å²) in [6.07, 6.45) is 4.45. The van der Waals surface area contributed by atoms with Gasteiger partial charge in [-0.1, -0.05) is 0 Å². The Balaban J connectivity index is 1.81. The Morgan fingerprint density at radius 3 is 2.65 bits per heavy atom. The molecule has 112 valence electrons. The summed E-state index contributed by atoms with van der Waals surface area (Å²) in [4.78, 5) is 37.9. The molecule has 1 unspecified atom stereocenters. The fourth-order valence-electron chi connectivity index (χ4n) is 3.04. The molecule has 2 heterocycles. The van der Waals surface area contributed by atoms with Crippen LogP contribution in [0.2, 0.25) is 0 Å². The van der Waals surface area contributed by atoms with Crippen molar-refractivity contribution in [2.45, 2.75) is 38.1 Å². The van der Waals surface area contributed by atoms with Gasteiger partial charge in [0.25, 0.3) is 0 Å². The molecule has 0 aromatic rings. The molecule has 1 atom stereocenters. The normalized spacial score (nSPS) is 24.5. The van der Waals surface area contributed by atoms with Gasteiger partial charge in [-0.3, -0.25) is 19.8 Å². The first-order valence-electron chi connectivity index (χ1n) is 7.17. The molecular weight excluding hydrogens is 260 g/mol. The maximum absolute atomic E-state index is 11.8. The van der Waals surface area contributed by atoms with E-state index in [4.69, 9.17) is 5.73 Å². The minimum absolute atomic E-state index is 0.184. The number of nitrogens with one attached hydrogen (secondary N) is 1. The third-order valence-electron chi connectivity index (χ3n) is 3.97. The van der Waals surface area contributed by atoms with E-state index in [1.165, 1.54) is 0 Å². The van der Waals surface area contributed by atoms with Crippen LogP contribution in [0.1, 0.15) is 32.1 Å². The van der Waals surface area contributed by atoms with Crippen molar-refractivity contribution in [3.63, 3.8) is 0 Å². The van der Waals surface area contributed by atoms with Crippen molar-refractivity contribution in [2.24, 2.45) is 5.73 Å². The largest absolute Gasteiger partial charge is 0.351 e. The molecule has 2 fully saturated rings. The van der Waals surface area contributed by atoms with Crippen molar-refractivity contribution in [2.75, 3.05) is 26.2 Å². The minimum Gasteiger partial charge on any atom is -0.351 e. The predicted molar refractivity (Wildman–Crippen MR) is 72.8 cm³/mol. The number of hydrogen-bond donors (Lipinski definition) is 2. The molecule has 0 aromatic carbocycles. The van der Waals surface area contributed by atoms with Gasteiger partial charge in [0, 0.05) is 25.6 Å². The molecule has 0 radical (unpaired) electrons. The van der Waals surface area contributed by atoms with E-state index in [0.29, 0.717) is 12.5 Å². The molecule has 0 saturated carbocycles. The molecular formula is C13H22N4O3. The van der Waals surface area contributed by atoms with Gasteiger partial charge in [0.2, 0.25) is 11.8 Å². The number of urea groups is 1. The molecule has 0 spiro atoms. The molecule has 0 aromatic heterocycles. The van der Waals surface area contributed by atoms with Gasteiger partial charge < -0.3 is 10.6 Å². The van der Waals surface area contributed by atoms with E-state index in [-0.39, 0.29) is 18.4 Å². The summed E-state index contributed by atoms with van der Waals surface area (Å²) in [6, 6.07) is -0.514. The van der Waals surface area contributed by atoms with E-state index in [1.54, 1.807) is 0 Å². The third kappa shape index (κ3) is 3.93. The van der Waals surface area contributed by atoms with Gasteiger partial charge in [-0.15, -0.1) is 0 Å². The summed E-state index contributed by atoms with van der Waals surface area (Å²) >= 11 is 0. The van der Waals surface area contributed by atoms with Crippen molar-refractivity contribution in [3.8, 4) is 0 Å². The van der Waals surface area contributed by atoms with Gasteiger partial charge in [-0.05, 0) is 32.2 Å². The van der Waals surface area contributed by atoms with Crippen LogP contribution in [0.25, 0.3) is 0 Å². The highest BCUT2D eigenvalue weighted by molar-refractivity contribution is 5.94. The van der Waals surface area contributed by atoms with Crippen LogP contribution in [0.3, 0.4) is 0 Å². The number of carbonyl (C=O) groups is 3. The Bertz CT molecular complexity index is 399. The smallest absolute Gasteiger partial charge is 0.318 e. The lowest BCUT2D eigenvalue weighted by atomic mass is 10.1. The molecule has 2 aliphatic heterocycles. The fourth-order valence-corrected chi connectivity index (χ4v) is 3.04. The van der Waals surface area contributed by atoms with Crippen LogP contribution in [0.5, 0.6) is 0 Å². The second kappa shape index (κ2) is 6.69. The zero-order valence-corrected chi connectivity index (χ0v) is 11.6. The van der Waals surface area contributed by atoms with E-state index >= 15 is 0 Å². The molecule has 3 N–H and O–H groups in total. The van der Waals surface area contributed by atoms with Crippen LogP contribution in [-0.4, -0.2) is 59.9 Å². The van der Waals surface area contributed by atoms with Gasteiger partial charge in [-0.2, -0.15) is 0 Å². The number of rotatable bonds is 3. The van der Waals surface area contributed by atoms with Crippen LogP contribution in [0.4, 0.5) is 4.79 Å². The van der Waals surface area contributed by atoms with E-state index in [0.717, 1.165) is 45.3 Å². The first-order chi connectivity index (χ1) is 9.56. The summed E-state index contributed by atoms with van der Waals surface area (Å²) in [5.74, 6) is -0.108. The number of carbonyl (C=O) groups excluding carboxylic acids is 3. The fraction of sp³-hybridized carbons (Fsp3) is 0.769. The lowest BCUT2D eigenvalue weighted by Crippen LogP contribution is -2.43. The van der Waals surface area contributed by atoms with E-state index in [1.807, 2.05) is 9.80 Å². The van der Waals surface area contributed by atoms with Crippen LogP contribution in [0, 0.1) is 0 Å². The molecule has 7 nitrogen and oxygen atoms in total. The average molecular weight is 282 g/mol. The number of imide groups is 1. The first kappa shape index (κ1) is 14.8. The lowest BCUT2D eigenvalue weighted by molar-refractivity contribution is -0.130. The summed E-state index contributed by atoms with van der Waals surface area (Å²) in [5.41, 5.74) is 4.92. The Kier molecular flexibility index (Phi) is 4.94. The number of hydrogen-bond acceptors (Lipinski definition) is 4. The van der Waals surface area contributed by atoms with Crippen LogP contribution in [0.15, 0.2) is 0 Å². The summed E-state index contributed by atoms with van der Waals surface area (Å²) in [7, 11) is 0. The zero-order chi connectivity index (χ0) is 14.5. The molecule has 2 aliphatic rings. The van der Waals surface area contributed by atoms with Crippen molar-refractivity contribution in [1.82, 2.24) is 15.1 Å². The maximum Gasteiger partial charge on any atom is 0.318 e. The van der Waals surface area contributed by atoms with E-state index in [9.17, 15) is 14.4 Å². The van der Waals surface area contributed by atoms with Crippen molar-refractivity contribution < 1.29 is 14.4 Å². The van der Waals surface area contributed by atoms with Gasteiger partial charge >= 0.3 is 6.03 Å². The molecule has 7 heteroatoms. The molecule has 4 amide bonds. The topological polar surface area (TPSA) is 95.7 Å². The van der Waals surface area contributed by atoms with Gasteiger partial charge in [-0.25, -0.2) is 4.79 Å². The Morgan fingerprint density at radius 1 is 1.20 bits per heavy atom. The zero-order valence-electron chi connectivity index (χ0n) is 11.6. The van der Waals surface area contributed by atoms with Crippen molar-refractivity contribution in [1.29, 1.82) is 0 Å². The summed E-state index contributed by atoms with van der Waals surface area (Å²) in [5, 5.41) is 2.08. The Morgan fingerprint density at radius 2 is 2.00 bits per heavy atom. The predicted octanol–water partition coefficient (Wildman–Crippen LogP) is -0.342. The highest BCUT2D eigenvalue weighted by Crippen LogP contribution is 2.22. The SMILES string of the molecule is NC(=O)NC(=O)CN1CCCC(N2CCCC2=O)CC1. The number of amides is 4. The Labute approximate surface area is 118 Å². The standard InChI is InChI=1S/C13H22N4O3/c14-13(20)15-11(18)9-16-6-1-3-10(5-8-16)17-7-2-4-12(17)19/h10H,1-9H2,(H3,14,15,18,20). The summed E-state index contributed by atoms with van der Waals surface area (Å²) < 4.78 is 0. The molecule has 0 aliphatic carbocycles. The van der Waals surface area contributed by atoms with Gasteiger partial charge in [0.15, 0.2) is 0 Å². The summed E-state index contributed by atoms with van der Waals surface area (Å²) in [6.45, 7) is 2.63. The van der Waals surface area contributed by atoms with Gasteiger partial charge in [0.1, 0.15) is 0 Å². The number of nitrogens with zero attached hydrogens (tertiary/aromatic N) is 2. The minimum atomic E-state index is -0.814. The van der Waals surface area contributed by atoms with Crippen LogP contribution < -0.4 is 11.1 Å². The van der Waals surface area contributed by atoms with Crippen LogP contribution >= 0.6 is 0 Å². The van der Waals surface area contributed by atoms with Crippen molar-refractivity contribution in [3.05, 3.63) is 0 Å². The van der Waals surface area contributed by atoms with Crippen molar-refractivity contribution >= 4 is 17.8 Å². The Hall–Kier alpha value is -1.63. The average Bonchev–Trinajstić information content (AvgIpc) is 2.65. The third-order valence-corrected chi connectivity index (χ3v) is 3.97. The second-order valence-corrected chi connectivity index (χ2v) is 5.46.